The Labute approximate surface area is 189 Å². The predicted octanol–water partition coefficient (Wildman–Crippen LogP) is 4.44. The number of amides is 1. The average Bonchev–Trinajstić information content (AvgIpc) is 2.77. The highest BCUT2D eigenvalue weighted by molar-refractivity contribution is 5.72. The molecule has 0 unspecified atom stereocenters. The fraction of sp³-hybridized carbons (Fsp3) is 0.458. The Hall–Kier alpha value is -3.29. The second-order valence-corrected chi connectivity index (χ2v) is 8.70. The summed E-state index contributed by atoms with van der Waals surface area (Å²) in [5.74, 6) is 2.22. The summed E-state index contributed by atoms with van der Waals surface area (Å²) in [6, 6.07) is 7.74. The molecular weight excluding hydrogens is 408 g/mol. The van der Waals surface area contributed by atoms with Gasteiger partial charge in [-0.05, 0) is 63.5 Å². The number of ether oxygens (including phenoxy) is 3. The summed E-state index contributed by atoms with van der Waals surface area (Å²) in [6.45, 7) is 9.26. The lowest BCUT2D eigenvalue weighted by Gasteiger charge is -2.29. The molecule has 0 saturated carbocycles. The number of carbonyl (C=O) groups excluding carboxylic acids is 1. The molecule has 8 nitrogen and oxygen atoms in total. The van der Waals surface area contributed by atoms with E-state index in [0.717, 1.165) is 39.7 Å². The molecule has 0 spiro atoms. The van der Waals surface area contributed by atoms with Gasteiger partial charge in [0, 0.05) is 31.3 Å². The standard InChI is InChI=1S/C24H32N4O4/c1-16-13-20(17-9-11-28(12-10-17)23(29)32-24(2,3)4)26-27-22(16)25-15-18-7-8-19(30-5)14-21(18)31-6/h7-9,13-14H,10-12,15H2,1-6H3,(H,25,27). The number of benzene rings is 1. The van der Waals surface area contributed by atoms with Gasteiger partial charge in [0.05, 0.1) is 19.9 Å². The van der Waals surface area contributed by atoms with Crippen molar-refractivity contribution in [3.05, 3.63) is 47.2 Å². The number of anilines is 1. The summed E-state index contributed by atoms with van der Waals surface area (Å²) in [7, 11) is 3.27. The van der Waals surface area contributed by atoms with Crippen LogP contribution in [-0.2, 0) is 11.3 Å². The number of aromatic nitrogens is 2. The third-order valence-electron chi connectivity index (χ3n) is 5.11. The van der Waals surface area contributed by atoms with Crippen LogP contribution in [-0.4, -0.2) is 54.1 Å². The van der Waals surface area contributed by atoms with Crippen LogP contribution in [0.5, 0.6) is 11.5 Å². The molecule has 2 aromatic rings. The number of hydrogen-bond acceptors (Lipinski definition) is 7. The number of nitrogens with zero attached hydrogens (tertiary/aromatic N) is 3. The first kappa shape index (κ1) is 23.4. The van der Waals surface area contributed by atoms with Crippen molar-refractivity contribution >= 4 is 17.5 Å². The van der Waals surface area contributed by atoms with Crippen LogP contribution in [0.1, 0.15) is 44.0 Å². The summed E-state index contributed by atoms with van der Waals surface area (Å²) in [4.78, 5) is 13.9. The third kappa shape index (κ3) is 5.90. The molecule has 32 heavy (non-hydrogen) atoms. The van der Waals surface area contributed by atoms with Gasteiger partial charge in [-0.1, -0.05) is 6.08 Å². The second kappa shape index (κ2) is 9.89. The maximum atomic E-state index is 12.2. The summed E-state index contributed by atoms with van der Waals surface area (Å²) in [5.41, 5.74) is 3.42. The van der Waals surface area contributed by atoms with Gasteiger partial charge in [-0.2, -0.15) is 0 Å². The first-order chi connectivity index (χ1) is 15.2. The van der Waals surface area contributed by atoms with Gasteiger partial charge >= 0.3 is 6.09 Å². The van der Waals surface area contributed by atoms with Crippen LogP contribution in [0.25, 0.3) is 5.57 Å². The van der Waals surface area contributed by atoms with Crippen molar-refractivity contribution in [2.75, 3.05) is 32.6 Å². The Morgan fingerprint density at radius 3 is 2.53 bits per heavy atom. The fourth-order valence-electron chi connectivity index (χ4n) is 3.39. The largest absolute Gasteiger partial charge is 0.497 e. The molecule has 172 valence electrons. The van der Waals surface area contributed by atoms with Crippen molar-refractivity contribution < 1.29 is 19.0 Å². The summed E-state index contributed by atoms with van der Waals surface area (Å²) < 4.78 is 16.2. The van der Waals surface area contributed by atoms with Crippen LogP contribution in [0.2, 0.25) is 0 Å². The third-order valence-corrected chi connectivity index (χ3v) is 5.11. The smallest absolute Gasteiger partial charge is 0.410 e. The molecule has 0 atom stereocenters. The molecule has 1 amide bonds. The van der Waals surface area contributed by atoms with E-state index in [1.807, 2.05) is 58.0 Å². The molecule has 1 aromatic carbocycles. The Kier molecular flexibility index (Phi) is 7.22. The Morgan fingerprint density at radius 2 is 1.94 bits per heavy atom. The van der Waals surface area contributed by atoms with Gasteiger partial charge in [0.15, 0.2) is 5.82 Å². The van der Waals surface area contributed by atoms with Gasteiger partial charge in [0.2, 0.25) is 0 Å². The van der Waals surface area contributed by atoms with Crippen molar-refractivity contribution in [3.8, 4) is 11.5 Å². The molecule has 0 bridgehead atoms. The summed E-state index contributed by atoms with van der Waals surface area (Å²) >= 11 is 0. The minimum absolute atomic E-state index is 0.288. The van der Waals surface area contributed by atoms with Crippen LogP contribution >= 0.6 is 0 Å². The highest BCUT2D eigenvalue weighted by atomic mass is 16.6. The molecule has 1 aromatic heterocycles. The van der Waals surface area contributed by atoms with Gasteiger partial charge in [-0.25, -0.2) is 4.79 Å². The van der Waals surface area contributed by atoms with Gasteiger partial charge < -0.3 is 24.4 Å². The Balaban J connectivity index is 1.64. The van der Waals surface area contributed by atoms with Crippen LogP contribution in [0.3, 0.4) is 0 Å². The average molecular weight is 441 g/mol. The van der Waals surface area contributed by atoms with Gasteiger partial charge in [-0.15, -0.1) is 10.2 Å². The van der Waals surface area contributed by atoms with Crippen molar-refractivity contribution in [3.63, 3.8) is 0 Å². The molecule has 0 fully saturated rings. The van der Waals surface area contributed by atoms with E-state index in [2.05, 4.69) is 15.5 Å². The highest BCUT2D eigenvalue weighted by Crippen LogP contribution is 2.27. The molecule has 8 heteroatoms. The van der Waals surface area contributed by atoms with Gasteiger partial charge in [-0.3, -0.25) is 0 Å². The van der Waals surface area contributed by atoms with Crippen molar-refractivity contribution in [2.24, 2.45) is 0 Å². The minimum Gasteiger partial charge on any atom is -0.497 e. The molecule has 1 aliphatic rings. The van der Waals surface area contributed by atoms with Crippen LogP contribution in [0.4, 0.5) is 10.6 Å². The predicted molar refractivity (Wildman–Crippen MR) is 124 cm³/mol. The molecule has 1 aliphatic heterocycles. The number of nitrogens with one attached hydrogen (secondary N) is 1. The maximum absolute atomic E-state index is 12.2. The number of carbonyl (C=O) groups is 1. The lowest BCUT2D eigenvalue weighted by Crippen LogP contribution is -2.39. The monoisotopic (exact) mass is 440 g/mol. The summed E-state index contributed by atoms with van der Waals surface area (Å²) in [6.07, 6.45) is 2.44. The Bertz CT molecular complexity index is 998. The number of methoxy groups -OCH3 is 2. The molecular formula is C24H32N4O4. The van der Waals surface area contributed by atoms with Crippen molar-refractivity contribution in [1.82, 2.24) is 15.1 Å². The maximum Gasteiger partial charge on any atom is 0.410 e. The van der Waals surface area contributed by atoms with Crippen LogP contribution in [0, 0.1) is 6.92 Å². The van der Waals surface area contributed by atoms with Crippen molar-refractivity contribution in [2.45, 2.75) is 46.3 Å². The van der Waals surface area contributed by atoms with E-state index in [1.54, 1.807) is 19.1 Å². The Morgan fingerprint density at radius 1 is 1.16 bits per heavy atom. The SMILES string of the molecule is COc1ccc(CNc2nnc(C3=CCN(C(=O)OC(C)(C)C)CC3)cc2C)c(OC)c1. The van der Waals surface area contributed by atoms with Crippen LogP contribution in [0.15, 0.2) is 30.3 Å². The van der Waals surface area contributed by atoms with E-state index in [4.69, 9.17) is 14.2 Å². The first-order valence-corrected chi connectivity index (χ1v) is 10.7. The van der Waals surface area contributed by atoms with E-state index in [-0.39, 0.29) is 6.09 Å². The van der Waals surface area contributed by atoms with E-state index in [0.29, 0.717) is 26.1 Å². The zero-order chi connectivity index (χ0) is 23.3. The lowest BCUT2D eigenvalue weighted by atomic mass is 10.0. The fourth-order valence-corrected chi connectivity index (χ4v) is 3.39. The number of hydrogen-bond donors (Lipinski definition) is 1. The quantitative estimate of drug-likeness (QED) is 0.711. The number of aryl methyl sites for hydroxylation is 1. The van der Waals surface area contributed by atoms with Crippen molar-refractivity contribution in [1.29, 1.82) is 0 Å². The highest BCUT2D eigenvalue weighted by Gasteiger charge is 2.24. The zero-order valence-electron chi connectivity index (χ0n) is 19.7. The number of rotatable bonds is 6. The van der Waals surface area contributed by atoms with E-state index < -0.39 is 5.60 Å². The molecule has 0 radical (unpaired) electrons. The zero-order valence-corrected chi connectivity index (χ0v) is 19.7. The second-order valence-electron chi connectivity index (χ2n) is 8.70. The van der Waals surface area contributed by atoms with Gasteiger partial charge in [0.25, 0.3) is 0 Å². The van der Waals surface area contributed by atoms with Gasteiger partial charge in [0.1, 0.15) is 17.1 Å². The van der Waals surface area contributed by atoms with Crippen LogP contribution < -0.4 is 14.8 Å². The normalized spacial score (nSPS) is 13.9. The minimum atomic E-state index is -0.498. The molecule has 1 N–H and O–H groups in total. The molecule has 0 saturated heterocycles. The summed E-state index contributed by atoms with van der Waals surface area (Å²) in [5, 5.41) is 12.1. The topological polar surface area (TPSA) is 85.8 Å². The molecule has 0 aliphatic carbocycles. The molecule has 2 heterocycles. The first-order valence-electron chi connectivity index (χ1n) is 10.7. The van der Waals surface area contributed by atoms with E-state index in [9.17, 15) is 4.79 Å². The molecule has 3 rings (SSSR count). The van der Waals surface area contributed by atoms with E-state index >= 15 is 0 Å². The lowest BCUT2D eigenvalue weighted by molar-refractivity contribution is 0.0270. The van der Waals surface area contributed by atoms with E-state index in [1.165, 1.54) is 0 Å².